The van der Waals surface area contributed by atoms with Crippen LogP contribution in [0.1, 0.15) is 81.9 Å². The number of hydrogen-bond acceptors (Lipinski definition) is 2. The minimum atomic E-state index is 0.157. The van der Waals surface area contributed by atoms with Crippen molar-refractivity contribution in [3.8, 4) is 0 Å². The van der Waals surface area contributed by atoms with Crippen molar-refractivity contribution in [3.05, 3.63) is 17.0 Å². The minimum absolute atomic E-state index is 0.157. The first-order valence-corrected chi connectivity index (χ1v) is 7.58. The second-order valence-corrected chi connectivity index (χ2v) is 5.41. The summed E-state index contributed by atoms with van der Waals surface area (Å²) in [7, 11) is 0. The van der Waals surface area contributed by atoms with Crippen LogP contribution < -0.4 is 5.73 Å². The molecule has 1 aromatic heterocycles. The molecule has 2 N–H and O–H groups in total. The predicted octanol–water partition coefficient (Wildman–Crippen LogP) is 3.53. The summed E-state index contributed by atoms with van der Waals surface area (Å²) in [5, 5.41) is 4.89. The van der Waals surface area contributed by atoms with Crippen LogP contribution in [0.2, 0.25) is 0 Å². The molecule has 1 fully saturated rings. The van der Waals surface area contributed by atoms with Gasteiger partial charge in [0.05, 0.1) is 11.7 Å². The normalized spacial score (nSPS) is 18.4. The van der Waals surface area contributed by atoms with Gasteiger partial charge in [-0.1, -0.05) is 33.6 Å². The van der Waals surface area contributed by atoms with Gasteiger partial charge in [-0.15, -0.1) is 0 Å². The molecule has 0 spiro atoms. The zero-order valence-electron chi connectivity index (χ0n) is 12.1. The first-order valence-electron chi connectivity index (χ1n) is 7.58. The van der Waals surface area contributed by atoms with Gasteiger partial charge in [0.2, 0.25) is 0 Å². The van der Waals surface area contributed by atoms with E-state index in [9.17, 15) is 0 Å². The van der Waals surface area contributed by atoms with Crippen molar-refractivity contribution in [2.24, 2.45) is 5.73 Å². The van der Waals surface area contributed by atoms with Crippen molar-refractivity contribution in [2.75, 3.05) is 0 Å². The van der Waals surface area contributed by atoms with Gasteiger partial charge in [-0.3, -0.25) is 4.68 Å². The van der Waals surface area contributed by atoms with Crippen LogP contribution in [-0.2, 0) is 12.8 Å². The molecule has 0 aromatic carbocycles. The highest BCUT2D eigenvalue weighted by Gasteiger charge is 2.25. The number of hydrogen-bond donors (Lipinski definition) is 1. The lowest BCUT2D eigenvalue weighted by Crippen LogP contribution is -2.14. The maximum Gasteiger partial charge on any atom is 0.0672 e. The Morgan fingerprint density at radius 3 is 2.39 bits per heavy atom. The van der Waals surface area contributed by atoms with Crippen LogP contribution in [-0.4, -0.2) is 9.78 Å². The maximum atomic E-state index is 6.31. The SMILES string of the molecule is CCc1nn(C2CCCC2)c(CC)c1C(N)CC. The van der Waals surface area contributed by atoms with Crippen LogP contribution in [0.4, 0.5) is 0 Å². The summed E-state index contributed by atoms with van der Waals surface area (Å²) >= 11 is 0. The molecular formula is C15H27N3. The second kappa shape index (κ2) is 5.87. The lowest BCUT2D eigenvalue weighted by atomic mass is 10.00. The molecule has 0 bridgehead atoms. The Bertz CT molecular complexity index is 389. The van der Waals surface area contributed by atoms with Gasteiger partial charge < -0.3 is 5.73 Å². The number of nitrogens with zero attached hydrogens (tertiary/aromatic N) is 2. The van der Waals surface area contributed by atoms with Gasteiger partial charge in [0.15, 0.2) is 0 Å². The topological polar surface area (TPSA) is 43.8 Å². The van der Waals surface area contributed by atoms with Gasteiger partial charge in [-0.25, -0.2) is 0 Å². The van der Waals surface area contributed by atoms with Crippen molar-refractivity contribution in [1.29, 1.82) is 0 Å². The number of aromatic nitrogens is 2. The summed E-state index contributed by atoms with van der Waals surface area (Å²) in [5.74, 6) is 0. The van der Waals surface area contributed by atoms with Crippen molar-refractivity contribution in [3.63, 3.8) is 0 Å². The smallest absolute Gasteiger partial charge is 0.0672 e. The quantitative estimate of drug-likeness (QED) is 0.867. The molecule has 3 heteroatoms. The fourth-order valence-corrected chi connectivity index (χ4v) is 3.23. The highest BCUT2D eigenvalue weighted by atomic mass is 15.3. The molecule has 18 heavy (non-hydrogen) atoms. The molecule has 0 saturated heterocycles. The molecule has 1 saturated carbocycles. The van der Waals surface area contributed by atoms with Crippen molar-refractivity contribution in [2.45, 2.75) is 77.8 Å². The Balaban J connectivity index is 2.43. The van der Waals surface area contributed by atoms with Crippen molar-refractivity contribution in [1.82, 2.24) is 9.78 Å². The van der Waals surface area contributed by atoms with Crippen molar-refractivity contribution < 1.29 is 0 Å². The van der Waals surface area contributed by atoms with Gasteiger partial charge in [0, 0.05) is 17.3 Å². The summed E-state index contributed by atoms with van der Waals surface area (Å²) in [5.41, 5.74) is 10.3. The molecule has 102 valence electrons. The predicted molar refractivity (Wildman–Crippen MR) is 75.7 cm³/mol. The van der Waals surface area contributed by atoms with Crippen LogP contribution in [0.25, 0.3) is 0 Å². The summed E-state index contributed by atoms with van der Waals surface area (Å²) in [6.07, 6.45) is 8.32. The second-order valence-electron chi connectivity index (χ2n) is 5.41. The fourth-order valence-electron chi connectivity index (χ4n) is 3.23. The Kier molecular flexibility index (Phi) is 4.44. The zero-order valence-corrected chi connectivity index (χ0v) is 12.1. The van der Waals surface area contributed by atoms with Crippen molar-refractivity contribution >= 4 is 0 Å². The molecule has 3 nitrogen and oxygen atoms in total. The largest absolute Gasteiger partial charge is 0.324 e. The van der Waals surface area contributed by atoms with E-state index in [2.05, 4.69) is 25.5 Å². The van der Waals surface area contributed by atoms with Crippen LogP contribution in [0.15, 0.2) is 0 Å². The molecule has 1 aliphatic carbocycles. The van der Waals surface area contributed by atoms with E-state index in [4.69, 9.17) is 10.8 Å². The summed E-state index contributed by atoms with van der Waals surface area (Å²) < 4.78 is 2.32. The van der Waals surface area contributed by atoms with Crippen LogP contribution >= 0.6 is 0 Å². The van der Waals surface area contributed by atoms with E-state index >= 15 is 0 Å². The first kappa shape index (κ1) is 13.6. The Labute approximate surface area is 111 Å². The third-order valence-corrected chi connectivity index (χ3v) is 4.28. The average molecular weight is 249 g/mol. The number of nitrogens with two attached hydrogens (primary N) is 1. The summed E-state index contributed by atoms with van der Waals surface area (Å²) in [4.78, 5) is 0. The molecule has 1 atom stereocenters. The summed E-state index contributed by atoms with van der Waals surface area (Å²) in [6, 6.07) is 0.785. The van der Waals surface area contributed by atoms with Crippen LogP contribution in [0.3, 0.4) is 0 Å². The lowest BCUT2D eigenvalue weighted by molar-refractivity contribution is 0.447. The van der Waals surface area contributed by atoms with Gasteiger partial charge in [-0.05, 0) is 32.1 Å². The van der Waals surface area contributed by atoms with E-state index in [0.717, 1.165) is 19.3 Å². The molecule has 0 aliphatic heterocycles. The molecule has 1 aromatic rings. The minimum Gasteiger partial charge on any atom is -0.324 e. The van der Waals surface area contributed by atoms with E-state index in [0.29, 0.717) is 6.04 Å². The number of rotatable bonds is 5. The first-order chi connectivity index (χ1) is 8.72. The third-order valence-electron chi connectivity index (χ3n) is 4.28. The molecule has 1 unspecified atom stereocenters. The maximum absolute atomic E-state index is 6.31. The molecule has 2 rings (SSSR count). The highest BCUT2D eigenvalue weighted by Crippen LogP contribution is 2.33. The standard InChI is InChI=1S/C15H27N3/c1-4-12(16)15-13(5-2)17-18(14(15)6-3)11-9-7-8-10-11/h11-12H,4-10,16H2,1-3H3. The van der Waals surface area contributed by atoms with E-state index in [1.165, 1.54) is 42.6 Å². The molecule has 0 amide bonds. The molecular weight excluding hydrogens is 222 g/mol. The molecule has 1 heterocycles. The van der Waals surface area contributed by atoms with Gasteiger partial charge >= 0.3 is 0 Å². The molecule has 0 radical (unpaired) electrons. The van der Waals surface area contributed by atoms with E-state index in [1.54, 1.807) is 0 Å². The zero-order chi connectivity index (χ0) is 13.1. The highest BCUT2D eigenvalue weighted by molar-refractivity contribution is 5.30. The van der Waals surface area contributed by atoms with E-state index in [-0.39, 0.29) is 6.04 Å². The fraction of sp³-hybridized carbons (Fsp3) is 0.800. The lowest BCUT2D eigenvalue weighted by Gasteiger charge is -2.16. The average Bonchev–Trinajstić information content (AvgIpc) is 3.03. The van der Waals surface area contributed by atoms with E-state index in [1.807, 2.05) is 0 Å². The van der Waals surface area contributed by atoms with Crippen LogP contribution in [0.5, 0.6) is 0 Å². The van der Waals surface area contributed by atoms with E-state index < -0.39 is 0 Å². The van der Waals surface area contributed by atoms with Crippen LogP contribution in [0, 0.1) is 0 Å². The Morgan fingerprint density at radius 1 is 1.22 bits per heavy atom. The Morgan fingerprint density at radius 2 is 1.89 bits per heavy atom. The van der Waals surface area contributed by atoms with Gasteiger partial charge in [-0.2, -0.15) is 5.10 Å². The Hall–Kier alpha value is -0.830. The molecule has 1 aliphatic rings. The van der Waals surface area contributed by atoms with Gasteiger partial charge in [0.1, 0.15) is 0 Å². The number of aryl methyl sites for hydroxylation is 1. The monoisotopic (exact) mass is 249 g/mol. The van der Waals surface area contributed by atoms with Gasteiger partial charge in [0.25, 0.3) is 0 Å². The third kappa shape index (κ3) is 2.33. The summed E-state index contributed by atoms with van der Waals surface area (Å²) in [6.45, 7) is 6.58.